The van der Waals surface area contributed by atoms with Gasteiger partial charge in [0.15, 0.2) is 0 Å². The van der Waals surface area contributed by atoms with Gasteiger partial charge in [0.05, 0.1) is 6.61 Å². The first kappa shape index (κ1) is 14.3. The van der Waals surface area contributed by atoms with Crippen molar-refractivity contribution in [1.82, 2.24) is 4.57 Å². The third kappa shape index (κ3) is 1.99. The minimum atomic E-state index is -0.776. The molecule has 4 heterocycles. The van der Waals surface area contributed by atoms with Crippen LogP contribution in [-0.4, -0.2) is 36.0 Å². The fourth-order valence-electron chi connectivity index (χ4n) is 4.08. The molecule has 2 bridgehead atoms. The van der Waals surface area contributed by atoms with Crippen LogP contribution in [-0.2, 0) is 16.6 Å². The van der Waals surface area contributed by atoms with Gasteiger partial charge in [-0.15, -0.1) is 0 Å². The number of rotatable bonds is 3. The number of Topliss-reactive ketones (excluding diaryl/α,β-unsaturated/α-hetero) is 1. The smallest absolute Gasteiger partial charge is 0.379 e. The lowest BCUT2D eigenvalue weighted by atomic mass is 9.84. The molecule has 5 rings (SSSR count). The van der Waals surface area contributed by atoms with Crippen LogP contribution in [0.1, 0.15) is 41.6 Å². The number of hydrogen-bond acceptors (Lipinski definition) is 4. The van der Waals surface area contributed by atoms with Gasteiger partial charge >= 0.3 is 5.97 Å². The highest BCUT2D eigenvalue weighted by molar-refractivity contribution is 6.41. The molecule has 0 unspecified atom stereocenters. The van der Waals surface area contributed by atoms with E-state index in [-0.39, 0.29) is 6.61 Å². The van der Waals surface area contributed by atoms with Gasteiger partial charge in [-0.3, -0.25) is 4.79 Å². The number of anilines is 1. The van der Waals surface area contributed by atoms with E-state index in [9.17, 15) is 9.59 Å². The van der Waals surface area contributed by atoms with E-state index >= 15 is 0 Å². The lowest BCUT2D eigenvalue weighted by Gasteiger charge is -2.41. The van der Waals surface area contributed by atoms with Gasteiger partial charge in [-0.1, -0.05) is 0 Å². The van der Waals surface area contributed by atoms with Crippen LogP contribution in [0.5, 0.6) is 0 Å². The molecule has 2 aromatic rings. The van der Waals surface area contributed by atoms with E-state index in [1.807, 2.05) is 12.1 Å². The Hall–Kier alpha value is -2.30. The fraction of sp³-hybridized carbons (Fsp3) is 0.444. The zero-order valence-electron chi connectivity index (χ0n) is 13.5. The number of ketones is 1. The summed E-state index contributed by atoms with van der Waals surface area (Å²) >= 11 is 0. The van der Waals surface area contributed by atoms with Gasteiger partial charge in [-0.2, -0.15) is 0 Å². The van der Waals surface area contributed by atoms with Gasteiger partial charge in [0.25, 0.3) is 5.78 Å². The third-order valence-corrected chi connectivity index (χ3v) is 5.13. The lowest BCUT2D eigenvalue weighted by molar-refractivity contribution is -0.137. The second kappa shape index (κ2) is 5.11. The maximum absolute atomic E-state index is 12.2. The predicted molar refractivity (Wildman–Crippen MR) is 88.1 cm³/mol. The number of nitrogens with zero attached hydrogens (tertiary/aromatic N) is 2. The molecule has 5 heteroatoms. The molecule has 23 heavy (non-hydrogen) atoms. The van der Waals surface area contributed by atoms with Crippen molar-refractivity contribution in [1.29, 1.82) is 0 Å². The molecule has 1 aromatic heterocycles. The summed E-state index contributed by atoms with van der Waals surface area (Å²) in [6, 6.07) is 5.54. The Morgan fingerprint density at radius 2 is 2.00 bits per heavy atom. The molecular formula is C18H20N2O3. The van der Waals surface area contributed by atoms with Crippen LogP contribution in [0, 0.1) is 0 Å². The molecule has 0 amide bonds. The van der Waals surface area contributed by atoms with Crippen molar-refractivity contribution in [3.8, 4) is 0 Å². The van der Waals surface area contributed by atoms with Crippen LogP contribution in [0.2, 0.25) is 0 Å². The molecule has 5 nitrogen and oxygen atoms in total. The number of hydrogen-bond donors (Lipinski definition) is 0. The highest BCUT2D eigenvalue weighted by Gasteiger charge is 2.35. The molecule has 0 atom stereocenters. The molecule has 0 saturated carbocycles. The molecule has 3 aliphatic heterocycles. The zero-order valence-corrected chi connectivity index (χ0v) is 13.5. The monoisotopic (exact) mass is 312 g/mol. The first-order valence-electron chi connectivity index (χ1n) is 8.20. The van der Waals surface area contributed by atoms with E-state index in [2.05, 4.69) is 16.5 Å². The minimum Gasteiger partial charge on any atom is -0.460 e. The van der Waals surface area contributed by atoms with Crippen molar-refractivity contribution in [2.75, 3.05) is 24.6 Å². The van der Waals surface area contributed by atoms with Crippen LogP contribution >= 0.6 is 0 Å². The van der Waals surface area contributed by atoms with E-state index in [0.29, 0.717) is 11.5 Å². The maximum Gasteiger partial charge on any atom is 0.379 e. The van der Waals surface area contributed by atoms with Gasteiger partial charge < -0.3 is 14.2 Å². The van der Waals surface area contributed by atoms with Gasteiger partial charge in [-0.25, -0.2) is 4.79 Å². The standard InChI is InChI=1S/C18H20N2O3/c1-3-23-18(22)16(21)12-4-5-14-13(10-12)15-11-6-8-20(9-7-11)17(15)19(14)2/h4-5,10-11H,3,6-9H2,1-2H3. The quantitative estimate of drug-likeness (QED) is 0.497. The average Bonchev–Trinajstić information content (AvgIpc) is 2.90. The normalized spacial score (nSPS) is 16.7. The molecule has 3 aliphatic rings. The number of aryl methyl sites for hydroxylation is 1. The van der Waals surface area contributed by atoms with E-state index in [1.165, 1.54) is 24.2 Å². The summed E-state index contributed by atoms with van der Waals surface area (Å²) < 4.78 is 7.05. The second-order valence-corrected chi connectivity index (χ2v) is 6.34. The minimum absolute atomic E-state index is 0.213. The predicted octanol–water partition coefficient (Wildman–Crippen LogP) is 2.62. The van der Waals surface area contributed by atoms with Gasteiger partial charge in [0.2, 0.25) is 0 Å². The highest BCUT2D eigenvalue weighted by Crippen LogP contribution is 2.47. The summed E-state index contributed by atoms with van der Waals surface area (Å²) in [6.45, 7) is 4.13. The number of carbonyl (C=O) groups is 2. The van der Waals surface area contributed by atoms with Gasteiger partial charge in [-0.05, 0) is 43.9 Å². The Labute approximate surface area is 134 Å². The summed E-state index contributed by atoms with van der Waals surface area (Å²) in [7, 11) is 2.08. The number of ether oxygens (including phenoxy) is 1. The van der Waals surface area contributed by atoms with Crippen molar-refractivity contribution >= 4 is 28.5 Å². The first-order valence-corrected chi connectivity index (χ1v) is 8.20. The van der Waals surface area contributed by atoms with Crippen LogP contribution in [0.25, 0.3) is 10.9 Å². The second-order valence-electron chi connectivity index (χ2n) is 6.34. The molecule has 1 fully saturated rings. The zero-order chi connectivity index (χ0) is 16.1. The van der Waals surface area contributed by atoms with E-state index in [4.69, 9.17) is 4.74 Å². The first-order chi connectivity index (χ1) is 11.1. The SMILES string of the molecule is CCOC(=O)C(=O)c1ccc2c(c1)c1c(n2C)N2CCC1CC2. The Balaban J connectivity index is 1.85. The number of fused-ring (bicyclic) bond motifs is 3. The number of esters is 1. The Morgan fingerprint density at radius 1 is 1.26 bits per heavy atom. The largest absolute Gasteiger partial charge is 0.460 e. The molecule has 120 valence electrons. The van der Waals surface area contributed by atoms with Crippen molar-refractivity contribution in [2.24, 2.45) is 7.05 Å². The number of piperidine rings is 1. The van der Waals surface area contributed by atoms with Crippen LogP contribution in [0.3, 0.4) is 0 Å². The molecule has 0 spiro atoms. The number of carbonyl (C=O) groups excluding carboxylic acids is 2. The number of aromatic nitrogens is 1. The number of benzene rings is 1. The summed E-state index contributed by atoms with van der Waals surface area (Å²) in [6.07, 6.45) is 2.34. The van der Waals surface area contributed by atoms with Crippen LogP contribution < -0.4 is 4.90 Å². The summed E-state index contributed by atoms with van der Waals surface area (Å²) in [5.41, 5.74) is 2.88. The Morgan fingerprint density at radius 3 is 2.70 bits per heavy atom. The maximum atomic E-state index is 12.2. The summed E-state index contributed by atoms with van der Waals surface area (Å²) in [5.74, 6) is 0.504. The lowest BCUT2D eigenvalue weighted by Crippen LogP contribution is -2.39. The van der Waals surface area contributed by atoms with E-state index in [0.717, 1.165) is 24.0 Å². The molecule has 0 radical (unpaired) electrons. The Kier molecular flexibility index (Phi) is 3.18. The fourth-order valence-corrected chi connectivity index (χ4v) is 4.08. The van der Waals surface area contributed by atoms with Gasteiger partial charge in [0.1, 0.15) is 5.82 Å². The summed E-state index contributed by atoms with van der Waals surface area (Å²) in [4.78, 5) is 26.4. The van der Waals surface area contributed by atoms with Crippen molar-refractivity contribution in [2.45, 2.75) is 25.7 Å². The third-order valence-electron chi connectivity index (χ3n) is 5.13. The topological polar surface area (TPSA) is 51.5 Å². The van der Waals surface area contributed by atoms with Crippen LogP contribution in [0.4, 0.5) is 5.82 Å². The Bertz CT molecular complexity index is 813. The molecule has 1 saturated heterocycles. The molecule has 1 aromatic carbocycles. The van der Waals surface area contributed by atoms with Crippen molar-refractivity contribution in [3.63, 3.8) is 0 Å². The van der Waals surface area contributed by atoms with E-state index < -0.39 is 11.8 Å². The van der Waals surface area contributed by atoms with Gasteiger partial charge in [0, 0.05) is 42.2 Å². The average molecular weight is 312 g/mol. The van der Waals surface area contributed by atoms with E-state index in [1.54, 1.807) is 13.0 Å². The highest BCUT2D eigenvalue weighted by atomic mass is 16.5. The molecule has 0 N–H and O–H groups in total. The molecular weight excluding hydrogens is 292 g/mol. The molecule has 0 aliphatic carbocycles. The van der Waals surface area contributed by atoms with Crippen molar-refractivity contribution < 1.29 is 14.3 Å². The van der Waals surface area contributed by atoms with Crippen LogP contribution in [0.15, 0.2) is 18.2 Å². The van der Waals surface area contributed by atoms with Crippen molar-refractivity contribution in [3.05, 3.63) is 29.3 Å². The summed E-state index contributed by atoms with van der Waals surface area (Å²) in [5, 5.41) is 1.10.